The molecule has 0 saturated carbocycles. The Bertz CT molecular complexity index is 259. The second-order valence-electron chi connectivity index (χ2n) is 3.59. The van der Waals surface area contributed by atoms with Gasteiger partial charge in [0.05, 0.1) is 13.2 Å². The fourth-order valence-corrected chi connectivity index (χ4v) is 1.01. The molecule has 1 atom stereocenters. The van der Waals surface area contributed by atoms with Gasteiger partial charge < -0.3 is 10.4 Å². The van der Waals surface area contributed by atoms with E-state index in [0.717, 1.165) is 12.2 Å². The van der Waals surface area contributed by atoms with Crippen LogP contribution in [0.2, 0.25) is 0 Å². The second-order valence-corrected chi connectivity index (χ2v) is 3.59. The third-order valence-electron chi connectivity index (χ3n) is 2.42. The summed E-state index contributed by atoms with van der Waals surface area (Å²) in [5.74, 6) is 0.751. The lowest BCUT2D eigenvalue weighted by molar-refractivity contribution is 0.168. The molecule has 0 bridgehead atoms. The predicted molar refractivity (Wildman–Crippen MR) is 54.7 cm³/mol. The van der Waals surface area contributed by atoms with Crippen molar-refractivity contribution in [2.24, 2.45) is 0 Å². The van der Waals surface area contributed by atoms with Crippen LogP contribution in [0.4, 0.5) is 0 Å². The van der Waals surface area contributed by atoms with Gasteiger partial charge in [0.25, 0.3) is 0 Å². The van der Waals surface area contributed by atoms with Gasteiger partial charge in [0, 0.05) is 17.9 Å². The van der Waals surface area contributed by atoms with E-state index >= 15 is 0 Å². The molecule has 1 rings (SSSR count). The van der Waals surface area contributed by atoms with Crippen molar-refractivity contribution in [3.8, 4) is 0 Å². The van der Waals surface area contributed by atoms with Gasteiger partial charge in [-0.2, -0.15) is 0 Å². The number of hydrogen-bond acceptors (Lipinski definition) is 4. The SMILES string of the molecule is CCC(C)(CO)NCc1ncccn1. The molecule has 1 aromatic heterocycles. The van der Waals surface area contributed by atoms with Gasteiger partial charge in [0.2, 0.25) is 0 Å². The largest absolute Gasteiger partial charge is 0.394 e. The Morgan fingerprint density at radius 1 is 1.43 bits per heavy atom. The van der Waals surface area contributed by atoms with Crippen molar-refractivity contribution < 1.29 is 5.11 Å². The molecule has 1 aromatic rings. The van der Waals surface area contributed by atoms with E-state index in [0.29, 0.717) is 6.54 Å². The average Bonchev–Trinajstić information content (AvgIpc) is 2.27. The molecule has 14 heavy (non-hydrogen) atoms. The maximum atomic E-state index is 9.16. The highest BCUT2D eigenvalue weighted by Crippen LogP contribution is 2.07. The maximum absolute atomic E-state index is 9.16. The quantitative estimate of drug-likeness (QED) is 0.727. The van der Waals surface area contributed by atoms with E-state index < -0.39 is 0 Å². The van der Waals surface area contributed by atoms with Crippen LogP contribution in [0.5, 0.6) is 0 Å². The van der Waals surface area contributed by atoms with Crippen LogP contribution in [0.15, 0.2) is 18.5 Å². The molecule has 0 saturated heterocycles. The van der Waals surface area contributed by atoms with Crippen LogP contribution in [0.1, 0.15) is 26.1 Å². The number of hydrogen-bond donors (Lipinski definition) is 2. The Hall–Kier alpha value is -1.00. The van der Waals surface area contributed by atoms with Crippen LogP contribution >= 0.6 is 0 Å². The Kier molecular flexibility index (Phi) is 3.98. The molecule has 0 fully saturated rings. The van der Waals surface area contributed by atoms with Crippen molar-refractivity contribution in [3.63, 3.8) is 0 Å². The summed E-state index contributed by atoms with van der Waals surface area (Å²) in [6.07, 6.45) is 4.30. The normalized spacial score (nSPS) is 15.1. The van der Waals surface area contributed by atoms with Crippen LogP contribution in [0, 0.1) is 0 Å². The molecule has 0 aliphatic heterocycles. The first-order chi connectivity index (χ1) is 6.70. The Labute approximate surface area is 84.4 Å². The smallest absolute Gasteiger partial charge is 0.141 e. The summed E-state index contributed by atoms with van der Waals surface area (Å²) >= 11 is 0. The van der Waals surface area contributed by atoms with Crippen LogP contribution < -0.4 is 5.32 Å². The predicted octanol–water partition coefficient (Wildman–Crippen LogP) is 0.727. The Morgan fingerprint density at radius 2 is 2.07 bits per heavy atom. The lowest BCUT2D eigenvalue weighted by Crippen LogP contribution is -2.44. The van der Waals surface area contributed by atoms with Gasteiger partial charge in [-0.1, -0.05) is 6.92 Å². The van der Waals surface area contributed by atoms with Gasteiger partial charge >= 0.3 is 0 Å². The first-order valence-corrected chi connectivity index (χ1v) is 4.82. The van der Waals surface area contributed by atoms with Gasteiger partial charge in [-0.3, -0.25) is 0 Å². The summed E-state index contributed by atoms with van der Waals surface area (Å²) in [6, 6.07) is 1.79. The zero-order chi connectivity index (χ0) is 10.4. The number of nitrogens with zero attached hydrogens (tertiary/aromatic N) is 2. The summed E-state index contributed by atoms with van der Waals surface area (Å²) in [7, 11) is 0. The van der Waals surface area contributed by atoms with Crippen LogP contribution in [0.3, 0.4) is 0 Å². The summed E-state index contributed by atoms with van der Waals surface area (Å²) in [5, 5.41) is 12.4. The number of aromatic nitrogens is 2. The highest BCUT2D eigenvalue weighted by molar-refractivity contribution is 4.90. The molecule has 4 nitrogen and oxygen atoms in total. The molecule has 0 amide bonds. The molecule has 2 N–H and O–H groups in total. The molecule has 1 heterocycles. The average molecular weight is 195 g/mol. The van der Waals surface area contributed by atoms with Crippen LogP contribution in [-0.4, -0.2) is 27.2 Å². The first-order valence-electron chi connectivity index (χ1n) is 4.82. The molecular weight excluding hydrogens is 178 g/mol. The zero-order valence-corrected chi connectivity index (χ0v) is 8.70. The lowest BCUT2D eigenvalue weighted by atomic mass is 10.0. The monoisotopic (exact) mass is 195 g/mol. The van der Waals surface area contributed by atoms with E-state index in [2.05, 4.69) is 15.3 Å². The Morgan fingerprint density at radius 3 is 2.57 bits per heavy atom. The summed E-state index contributed by atoms with van der Waals surface area (Å²) in [4.78, 5) is 8.19. The van der Waals surface area contributed by atoms with E-state index in [1.54, 1.807) is 18.5 Å². The minimum atomic E-state index is -0.237. The molecule has 0 aliphatic rings. The fraction of sp³-hybridized carbons (Fsp3) is 0.600. The second kappa shape index (κ2) is 5.02. The Balaban J connectivity index is 2.48. The molecule has 1 unspecified atom stereocenters. The molecule has 0 radical (unpaired) electrons. The minimum absolute atomic E-state index is 0.121. The summed E-state index contributed by atoms with van der Waals surface area (Å²) in [5.41, 5.74) is -0.237. The van der Waals surface area contributed by atoms with Crippen molar-refractivity contribution in [2.45, 2.75) is 32.4 Å². The zero-order valence-electron chi connectivity index (χ0n) is 8.70. The highest BCUT2D eigenvalue weighted by atomic mass is 16.3. The highest BCUT2D eigenvalue weighted by Gasteiger charge is 2.19. The van der Waals surface area contributed by atoms with E-state index in [9.17, 15) is 0 Å². The number of aliphatic hydroxyl groups excluding tert-OH is 1. The standard InChI is InChI=1S/C10H17N3O/c1-3-10(2,8-14)13-7-9-11-5-4-6-12-9/h4-6,13-14H,3,7-8H2,1-2H3. The lowest BCUT2D eigenvalue weighted by Gasteiger charge is -2.26. The number of aliphatic hydroxyl groups is 1. The molecule has 0 aliphatic carbocycles. The van der Waals surface area contributed by atoms with Crippen molar-refractivity contribution in [3.05, 3.63) is 24.3 Å². The van der Waals surface area contributed by atoms with Gasteiger partial charge in [-0.05, 0) is 19.4 Å². The van der Waals surface area contributed by atoms with E-state index in [4.69, 9.17) is 5.11 Å². The van der Waals surface area contributed by atoms with E-state index in [1.807, 2.05) is 13.8 Å². The summed E-state index contributed by atoms with van der Waals surface area (Å²) < 4.78 is 0. The van der Waals surface area contributed by atoms with Gasteiger partial charge in [0.15, 0.2) is 0 Å². The third-order valence-corrected chi connectivity index (χ3v) is 2.42. The van der Waals surface area contributed by atoms with Gasteiger partial charge in [0.1, 0.15) is 5.82 Å². The first kappa shape index (κ1) is 11.1. The van der Waals surface area contributed by atoms with Crippen LogP contribution in [0.25, 0.3) is 0 Å². The van der Waals surface area contributed by atoms with Crippen LogP contribution in [-0.2, 0) is 6.54 Å². The maximum Gasteiger partial charge on any atom is 0.141 e. The molecule has 0 spiro atoms. The van der Waals surface area contributed by atoms with Crippen molar-refractivity contribution in [2.75, 3.05) is 6.61 Å². The third kappa shape index (κ3) is 3.05. The molecular formula is C10H17N3O. The minimum Gasteiger partial charge on any atom is -0.394 e. The fourth-order valence-electron chi connectivity index (χ4n) is 1.01. The van der Waals surface area contributed by atoms with E-state index in [1.165, 1.54) is 0 Å². The van der Waals surface area contributed by atoms with Gasteiger partial charge in [-0.25, -0.2) is 9.97 Å². The van der Waals surface area contributed by atoms with Crippen molar-refractivity contribution in [1.82, 2.24) is 15.3 Å². The topological polar surface area (TPSA) is 58.0 Å². The molecule has 78 valence electrons. The van der Waals surface area contributed by atoms with Crippen molar-refractivity contribution in [1.29, 1.82) is 0 Å². The summed E-state index contributed by atoms with van der Waals surface area (Å²) in [6.45, 7) is 4.73. The molecule has 0 aromatic carbocycles. The van der Waals surface area contributed by atoms with Gasteiger partial charge in [-0.15, -0.1) is 0 Å². The van der Waals surface area contributed by atoms with Crippen molar-refractivity contribution >= 4 is 0 Å². The van der Waals surface area contributed by atoms with E-state index in [-0.39, 0.29) is 12.1 Å². The number of nitrogens with one attached hydrogen (secondary N) is 1. The number of rotatable bonds is 5. The molecule has 4 heteroatoms.